The summed E-state index contributed by atoms with van der Waals surface area (Å²) in [6.45, 7) is 0.816. The molecule has 1 heterocycles. The maximum atomic E-state index is 5.97. The van der Waals surface area contributed by atoms with E-state index in [0.717, 1.165) is 29.0 Å². The Morgan fingerprint density at radius 3 is 2.57 bits per heavy atom. The molecule has 5 heteroatoms. The van der Waals surface area contributed by atoms with Crippen LogP contribution in [-0.2, 0) is 0 Å². The number of fused-ring (bicyclic) bond motifs is 1. The molecular formula is C16H14ClN3S. The van der Waals surface area contributed by atoms with Gasteiger partial charge in [-0.05, 0) is 35.9 Å². The third-order valence-electron chi connectivity index (χ3n) is 2.98. The minimum atomic E-state index is 0.270. The molecule has 1 aromatic heterocycles. The molecule has 0 aliphatic carbocycles. The molecule has 0 aliphatic heterocycles. The summed E-state index contributed by atoms with van der Waals surface area (Å²) in [4.78, 5) is 9.77. The van der Waals surface area contributed by atoms with Crippen molar-refractivity contribution in [1.82, 2.24) is 9.97 Å². The van der Waals surface area contributed by atoms with Gasteiger partial charge in [0.2, 0.25) is 5.28 Å². The van der Waals surface area contributed by atoms with Crippen LogP contribution >= 0.6 is 23.4 Å². The Bertz CT molecular complexity index is 734. The highest BCUT2D eigenvalue weighted by atomic mass is 35.5. The molecule has 106 valence electrons. The number of anilines is 1. The van der Waals surface area contributed by atoms with Crippen molar-refractivity contribution in [3.05, 3.63) is 59.9 Å². The minimum Gasteiger partial charge on any atom is -0.369 e. The molecule has 0 bridgehead atoms. The summed E-state index contributed by atoms with van der Waals surface area (Å²) in [6, 6.07) is 18.2. The summed E-state index contributed by atoms with van der Waals surface area (Å²) in [5.74, 6) is 1.75. The van der Waals surface area contributed by atoms with Crippen molar-refractivity contribution in [2.45, 2.75) is 4.90 Å². The van der Waals surface area contributed by atoms with E-state index in [1.54, 1.807) is 0 Å². The smallest absolute Gasteiger partial charge is 0.224 e. The monoisotopic (exact) mass is 315 g/mol. The number of halogens is 1. The van der Waals surface area contributed by atoms with Gasteiger partial charge in [-0.25, -0.2) is 9.97 Å². The first-order valence-corrected chi connectivity index (χ1v) is 8.03. The molecule has 0 fully saturated rings. The quantitative estimate of drug-likeness (QED) is 0.428. The minimum absolute atomic E-state index is 0.270. The van der Waals surface area contributed by atoms with Gasteiger partial charge in [-0.2, -0.15) is 0 Å². The van der Waals surface area contributed by atoms with Crippen molar-refractivity contribution >= 4 is 40.1 Å². The van der Waals surface area contributed by atoms with Crippen LogP contribution in [0.5, 0.6) is 0 Å². The van der Waals surface area contributed by atoms with E-state index in [2.05, 4.69) is 27.4 Å². The molecular weight excluding hydrogens is 302 g/mol. The van der Waals surface area contributed by atoms with E-state index < -0.39 is 0 Å². The van der Waals surface area contributed by atoms with Crippen molar-refractivity contribution in [2.24, 2.45) is 0 Å². The van der Waals surface area contributed by atoms with Crippen LogP contribution in [0.4, 0.5) is 5.82 Å². The molecule has 0 unspecified atom stereocenters. The van der Waals surface area contributed by atoms with Gasteiger partial charge in [0.1, 0.15) is 5.82 Å². The van der Waals surface area contributed by atoms with Crippen molar-refractivity contribution in [3.63, 3.8) is 0 Å². The predicted octanol–water partition coefficient (Wildman–Crippen LogP) is 4.49. The van der Waals surface area contributed by atoms with Crippen LogP contribution in [0.2, 0.25) is 5.28 Å². The Morgan fingerprint density at radius 2 is 1.71 bits per heavy atom. The second-order valence-electron chi connectivity index (χ2n) is 4.45. The van der Waals surface area contributed by atoms with Crippen LogP contribution in [0.3, 0.4) is 0 Å². The normalized spacial score (nSPS) is 10.7. The van der Waals surface area contributed by atoms with Crippen LogP contribution in [0.1, 0.15) is 0 Å². The summed E-state index contributed by atoms with van der Waals surface area (Å²) < 4.78 is 0. The summed E-state index contributed by atoms with van der Waals surface area (Å²) in [6.07, 6.45) is 0. The van der Waals surface area contributed by atoms with E-state index in [4.69, 9.17) is 11.6 Å². The molecule has 0 atom stereocenters. The molecule has 0 amide bonds. The standard InChI is InChI=1S/C16H14ClN3S/c17-16-19-14-9-5-4-8-13(14)15(20-16)18-10-11-21-12-6-2-1-3-7-12/h1-9H,10-11H2,(H,18,19,20). The summed E-state index contributed by atoms with van der Waals surface area (Å²) in [5.41, 5.74) is 0.857. The molecule has 3 aromatic rings. The van der Waals surface area contributed by atoms with Gasteiger partial charge in [0.25, 0.3) is 0 Å². The van der Waals surface area contributed by atoms with Gasteiger partial charge in [-0.1, -0.05) is 30.3 Å². The first-order chi connectivity index (χ1) is 10.3. The van der Waals surface area contributed by atoms with Gasteiger partial charge in [0.05, 0.1) is 5.52 Å². The van der Waals surface area contributed by atoms with Crippen LogP contribution in [0, 0.1) is 0 Å². The Morgan fingerprint density at radius 1 is 0.952 bits per heavy atom. The largest absolute Gasteiger partial charge is 0.369 e. The Kier molecular flexibility index (Phi) is 4.58. The van der Waals surface area contributed by atoms with Crippen LogP contribution in [0.15, 0.2) is 59.5 Å². The molecule has 3 nitrogen and oxygen atoms in total. The highest BCUT2D eigenvalue weighted by Crippen LogP contribution is 2.22. The molecule has 0 saturated heterocycles. The van der Waals surface area contributed by atoms with E-state index in [0.29, 0.717) is 0 Å². The lowest BCUT2D eigenvalue weighted by Gasteiger charge is -2.08. The molecule has 0 radical (unpaired) electrons. The lowest BCUT2D eigenvalue weighted by molar-refractivity contribution is 1.15. The van der Waals surface area contributed by atoms with Crippen LogP contribution in [-0.4, -0.2) is 22.3 Å². The highest BCUT2D eigenvalue weighted by Gasteiger charge is 2.05. The Labute approximate surface area is 132 Å². The van der Waals surface area contributed by atoms with Gasteiger partial charge in [-0.15, -0.1) is 11.8 Å². The summed E-state index contributed by atoms with van der Waals surface area (Å²) >= 11 is 7.78. The second kappa shape index (κ2) is 6.78. The van der Waals surface area contributed by atoms with Crippen LogP contribution in [0.25, 0.3) is 10.9 Å². The zero-order chi connectivity index (χ0) is 14.5. The number of benzene rings is 2. The van der Waals surface area contributed by atoms with Crippen molar-refractivity contribution in [1.29, 1.82) is 0 Å². The molecule has 1 N–H and O–H groups in total. The van der Waals surface area contributed by atoms with E-state index in [-0.39, 0.29) is 5.28 Å². The number of aromatic nitrogens is 2. The predicted molar refractivity (Wildman–Crippen MR) is 90.2 cm³/mol. The molecule has 3 rings (SSSR count). The molecule has 21 heavy (non-hydrogen) atoms. The first kappa shape index (κ1) is 14.2. The SMILES string of the molecule is Clc1nc(NCCSc2ccccc2)c2ccccc2n1. The third-order valence-corrected chi connectivity index (χ3v) is 4.17. The topological polar surface area (TPSA) is 37.8 Å². The number of hydrogen-bond donors (Lipinski definition) is 1. The van der Waals surface area contributed by atoms with E-state index >= 15 is 0 Å². The Hall–Kier alpha value is -1.78. The molecule has 0 spiro atoms. The number of thioether (sulfide) groups is 1. The van der Waals surface area contributed by atoms with E-state index in [1.165, 1.54) is 4.90 Å². The van der Waals surface area contributed by atoms with E-state index in [1.807, 2.05) is 54.2 Å². The molecule has 0 aliphatic rings. The zero-order valence-corrected chi connectivity index (χ0v) is 12.9. The fraction of sp³-hybridized carbons (Fsp3) is 0.125. The number of nitrogens with one attached hydrogen (secondary N) is 1. The van der Waals surface area contributed by atoms with Crippen molar-refractivity contribution in [2.75, 3.05) is 17.6 Å². The van der Waals surface area contributed by atoms with Crippen LogP contribution < -0.4 is 5.32 Å². The Balaban J connectivity index is 1.65. The van der Waals surface area contributed by atoms with Crippen molar-refractivity contribution < 1.29 is 0 Å². The van der Waals surface area contributed by atoms with Gasteiger partial charge in [0.15, 0.2) is 0 Å². The van der Waals surface area contributed by atoms with E-state index in [9.17, 15) is 0 Å². The number of para-hydroxylation sites is 1. The fourth-order valence-corrected chi connectivity index (χ4v) is 3.00. The average Bonchev–Trinajstić information content (AvgIpc) is 2.52. The maximum Gasteiger partial charge on any atom is 0.224 e. The zero-order valence-electron chi connectivity index (χ0n) is 11.3. The first-order valence-electron chi connectivity index (χ1n) is 6.67. The lowest BCUT2D eigenvalue weighted by atomic mass is 10.2. The summed E-state index contributed by atoms with van der Waals surface area (Å²) in [7, 11) is 0. The highest BCUT2D eigenvalue weighted by molar-refractivity contribution is 7.99. The van der Waals surface area contributed by atoms with Gasteiger partial charge in [0, 0.05) is 22.6 Å². The third kappa shape index (κ3) is 3.65. The van der Waals surface area contributed by atoms with Crippen molar-refractivity contribution in [3.8, 4) is 0 Å². The second-order valence-corrected chi connectivity index (χ2v) is 5.95. The van der Waals surface area contributed by atoms with Gasteiger partial charge >= 0.3 is 0 Å². The average molecular weight is 316 g/mol. The number of nitrogens with zero attached hydrogens (tertiary/aromatic N) is 2. The number of hydrogen-bond acceptors (Lipinski definition) is 4. The van der Waals surface area contributed by atoms with Gasteiger partial charge in [-0.3, -0.25) is 0 Å². The van der Waals surface area contributed by atoms with Gasteiger partial charge < -0.3 is 5.32 Å². The molecule has 0 saturated carbocycles. The number of rotatable bonds is 5. The summed E-state index contributed by atoms with van der Waals surface area (Å²) in [5, 5.41) is 4.60. The fourth-order valence-electron chi connectivity index (χ4n) is 2.04. The lowest BCUT2D eigenvalue weighted by Crippen LogP contribution is -2.06. The maximum absolute atomic E-state index is 5.97. The molecule has 2 aromatic carbocycles.